The summed E-state index contributed by atoms with van der Waals surface area (Å²) in [6, 6.07) is 8.39. The Labute approximate surface area is 162 Å². The third-order valence-corrected chi connectivity index (χ3v) is 5.58. The van der Waals surface area contributed by atoms with Gasteiger partial charge in [-0.25, -0.2) is 0 Å². The maximum atomic E-state index is 12.8. The highest BCUT2D eigenvalue weighted by atomic mass is 35.5. The van der Waals surface area contributed by atoms with Gasteiger partial charge < -0.3 is 15.1 Å². The van der Waals surface area contributed by atoms with E-state index >= 15 is 0 Å². The fourth-order valence-corrected chi connectivity index (χ4v) is 3.82. The molecule has 5 nitrogen and oxygen atoms in total. The Hall–Kier alpha value is -1.59. The molecule has 1 atom stereocenters. The van der Waals surface area contributed by atoms with E-state index in [9.17, 15) is 9.59 Å². The molecule has 0 saturated carbocycles. The lowest BCUT2D eigenvalue weighted by atomic mass is 10.0. The van der Waals surface area contributed by atoms with Gasteiger partial charge >= 0.3 is 0 Å². The summed E-state index contributed by atoms with van der Waals surface area (Å²) in [6.45, 7) is 6.81. The lowest BCUT2D eigenvalue weighted by Gasteiger charge is -2.33. The van der Waals surface area contributed by atoms with Crippen molar-refractivity contribution in [3.63, 3.8) is 0 Å². The van der Waals surface area contributed by atoms with E-state index in [4.69, 9.17) is 0 Å². The average Bonchev–Trinajstić information content (AvgIpc) is 3.02. The Morgan fingerprint density at radius 3 is 2.35 bits per heavy atom. The number of nitrogens with zero attached hydrogens (tertiary/aromatic N) is 2. The van der Waals surface area contributed by atoms with E-state index in [0.29, 0.717) is 18.9 Å². The predicted octanol–water partition coefficient (Wildman–Crippen LogP) is 2.80. The molecule has 2 aliphatic heterocycles. The number of benzene rings is 1. The van der Waals surface area contributed by atoms with E-state index in [1.807, 2.05) is 24.1 Å². The largest absolute Gasteiger partial charge is 0.342 e. The van der Waals surface area contributed by atoms with Crippen molar-refractivity contribution in [2.75, 3.05) is 31.6 Å². The molecule has 0 aromatic heterocycles. The molecule has 2 aliphatic rings. The van der Waals surface area contributed by atoms with Gasteiger partial charge in [-0.2, -0.15) is 0 Å². The highest BCUT2D eigenvalue weighted by Gasteiger charge is 2.40. The molecule has 2 fully saturated rings. The monoisotopic (exact) mass is 379 g/mol. The van der Waals surface area contributed by atoms with E-state index in [1.165, 1.54) is 5.56 Å². The number of carbonyl (C=O) groups is 2. The van der Waals surface area contributed by atoms with Crippen molar-refractivity contribution < 1.29 is 9.59 Å². The van der Waals surface area contributed by atoms with Crippen molar-refractivity contribution in [2.45, 2.75) is 45.1 Å². The van der Waals surface area contributed by atoms with Gasteiger partial charge in [0, 0.05) is 25.3 Å². The minimum absolute atomic E-state index is 0. The number of amides is 2. The van der Waals surface area contributed by atoms with Gasteiger partial charge in [-0.15, -0.1) is 12.4 Å². The lowest BCUT2D eigenvalue weighted by Crippen LogP contribution is -2.47. The average molecular weight is 380 g/mol. The summed E-state index contributed by atoms with van der Waals surface area (Å²) in [5.41, 5.74) is 2.16. The van der Waals surface area contributed by atoms with Gasteiger partial charge in [0.05, 0.1) is 0 Å². The van der Waals surface area contributed by atoms with Crippen LogP contribution in [0.15, 0.2) is 24.3 Å². The molecule has 1 aromatic carbocycles. The smallest absolute Gasteiger partial charge is 0.239 e. The molecule has 2 amide bonds. The topological polar surface area (TPSA) is 52.7 Å². The fraction of sp³-hybridized carbons (Fsp3) is 0.600. The van der Waals surface area contributed by atoms with Crippen molar-refractivity contribution in [3.05, 3.63) is 29.8 Å². The third-order valence-electron chi connectivity index (χ3n) is 5.58. The molecule has 6 heteroatoms. The predicted molar refractivity (Wildman–Crippen MR) is 107 cm³/mol. The molecule has 2 heterocycles. The highest BCUT2D eigenvalue weighted by Crippen LogP contribution is 2.28. The summed E-state index contributed by atoms with van der Waals surface area (Å²) in [7, 11) is 1.85. The van der Waals surface area contributed by atoms with Crippen molar-refractivity contribution >= 4 is 29.9 Å². The van der Waals surface area contributed by atoms with Gasteiger partial charge in [0.15, 0.2) is 0 Å². The second kappa shape index (κ2) is 8.87. The van der Waals surface area contributed by atoms with Gasteiger partial charge in [0.2, 0.25) is 11.8 Å². The molecule has 1 aromatic rings. The molecule has 144 valence electrons. The van der Waals surface area contributed by atoms with Crippen LogP contribution in [0.4, 0.5) is 5.69 Å². The first-order valence-electron chi connectivity index (χ1n) is 9.37. The van der Waals surface area contributed by atoms with Gasteiger partial charge in [-0.1, -0.05) is 26.0 Å². The minimum Gasteiger partial charge on any atom is -0.342 e. The van der Waals surface area contributed by atoms with Crippen LogP contribution in [-0.2, 0) is 9.59 Å². The number of rotatable bonds is 4. The standard InChI is InChI=1S/C20H29N3O2.ClH/c1-14(2)15-4-6-17(7-5-15)23-13-10-18(20(23)25)19(24)22(3)16-8-11-21-12-9-16;/h4-7,14,16,18,21H,8-13H2,1-3H3;1H. The number of carbonyl (C=O) groups excluding carboxylic acids is 2. The number of piperidine rings is 1. The van der Waals surface area contributed by atoms with Crippen LogP contribution in [0.3, 0.4) is 0 Å². The minimum atomic E-state index is -0.523. The van der Waals surface area contributed by atoms with Crippen LogP contribution in [0.5, 0.6) is 0 Å². The van der Waals surface area contributed by atoms with E-state index < -0.39 is 5.92 Å². The zero-order chi connectivity index (χ0) is 18.0. The second-order valence-corrected chi connectivity index (χ2v) is 7.51. The van der Waals surface area contributed by atoms with Gasteiger partial charge in [-0.05, 0) is 56.0 Å². The van der Waals surface area contributed by atoms with Crippen LogP contribution in [0.2, 0.25) is 0 Å². The van der Waals surface area contributed by atoms with Crippen LogP contribution in [0.1, 0.15) is 44.6 Å². The summed E-state index contributed by atoms with van der Waals surface area (Å²) in [4.78, 5) is 29.2. The molecule has 26 heavy (non-hydrogen) atoms. The van der Waals surface area contributed by atoms with Crippen LogP contribution >= 0.6 is 12.4 Å². The second-order valence-electron chi connectivity index (χ2n) is 7.51. The van der Waals surface area contributed by atoms with Crippen molar-refractivity contribution in [1.82, 2.24) is 10.2 Å². The molecule has 0 aliphatic carbocycles. The third kappa shape index (κ3) is 4.21. The maximum Gasteiger partial charge on any atom is 0.239 e. The zero-order valence-electron chi connectivity index (χ0n) is 15.9. The van der Waals surface area contributed by atoms with Crippen LogP contribution in [0, 0.1) is 5.92 Å². The molecular formula is C20H30ClN3O2. The molecule has 2 saturated heterocycles. The number of hydrogen-bond donors (Lipinski definition) is 1. The Bertz CT molecular complexity index is 626. The first-order valence-corrected chi connectivity index (χ1v) is 9.37. The molecule has 0 radical (unpaired) electrons. The van der Waals surface area contributed by atoms with E-state index in [0.717, 1.165) is 31.6 Å². The maximum absolute atomic E-state index is 12.8. The molecule has 1 unspecified atom stereocenters. The molecule has 0 bridgehead atoms. The van der Waals surface area contributed by atoms with Gasteiger partial charge in [-0.3, -0.25) is 9.59 Å². The van der Waals surface area contributed by atoms with E-state index in [2.05, 4.69) is 31.3 Å². The van der Waals surface area contributed by atoms with Crippen LogP contribution in [0.25, 0.3) is 0 Å². The van der Waals surface area contributed by atoms with Gasteiger partial charge in [0.25, 0.3) is 0 Å². The van der Waals surface area contributed by atoms with Crippen molar-refractivity contribution in [1.29, 1.82) is 0 Å². The molecule has 0 spiro atoms. The normalized spacial score (nSPS) is 21.0. The fourth-order valence-electron chi connectivity index (χ4n) is 3.82. The highest BCUT2D eigenvalue weighted by molar-refractivity contribution is 6.09. The SMILES string of the molecule is CC(C)c1ccc(N2CCC(C(=O)N(C)C3CCNCC3)C2=O)cc1.Cl. The van der Waals surface area contributed by atoms with Crippen LogP contribution < -0.4 is 10.2 Å². The lowest BCUT2D eigenvalue weighted by molar-refractivity contribution is -0.140. The summed E-state index contributed by atoms with van der Waals surface area (Å²) >= 11 is 0. The molecule has 3 rings (SSSR count). The van der Waals surface area contributed by atoms with E-state index in [-0.39, 0.29) is 30.3 Å². The Morgan fingerprint density at radius 1 is 1.15 bits per heavy atom. The molecule has 1 N–H and O–H groups in total. The summed E-state index contributed by atoms with van der Waals surface area (Å²) in [6.07, 6.45) is 2.53. The Morgan fingerprint density at radius 2 is 1.77 bits per heavy atom. The number of nitrogens with one attached hydrogen (secondary N) is 1. The molecular weight excluding hydrogens is 350 g/mol. The first kappa shape index (κ1) is 20.7. The zero-order valence-corrected chi connectivity index (χ0v) is 16.7. The summed E-state index contributed by atoms with van der Waals surface area (Å²) < 4.78 is 0. The quantitative estimate of drug-likeness (QED) is 0.818. The van der Waals surface area contributed by atoms with Gasteiger partial charge in [0.1, 0.15) is 5.92 Å². The van der Waals surface area contributed by atoms with Crippen molar-refractivity contribution in [3.8, 4) is 0 Å². The number of halogens is 1. The first-order chi connectivity index (χ1) is 12.0. The van der Waals surface area contributed by atoms with Crippen molar-refractivity contribution in [2.24, 2.45) is 5.92 Å². The number of anilines is 1. The van der Waals surface area contributed by atoms with Crippen LogP contribution in [-0.4, -0.2) is 49.4 Å². The Balaban J connectivity index is 0.00000243. The summed E-state index contributed by atoms with van der Waals surface area (Å²) in [5, 5.41) is 3.31. The summed E-state index contributed by atoms with van der Waals surface area (Å²) in [5.74, 6) is -0.123. The Kier molecular flexibility index (Phi) is 7.07. The number of hydrogen-bond acceptors (Lipinski definition) is 3. The van der Waals surface area contributed by atoms with E-state index in [1.54, 1.807) is 4.90 Å².